The largest absolute Gasteiger partial charge is 1.00 e. The van der Waals surface area contributed by atoms with E-state index in [-0.39, 0.29) is 63.3 Å². The van der Waals surface area contributed by atoms with Crippen molar-refractivity contribution >= 4 is 16.1 Å². The Hall–Kier alpha value is -0.504. The summed E-state index contributed by atoms with van der Waals surface area (Å²) in [5.41, 5.74) is 0.192. The van der Waals surface area contributed by atoms with Gasteiger partial charge in [-0.1, -0.05) is 36.4 Å². The topological polar surface area (TPSA) is 60.4 Å². The van der Waals surface area contributed by atoms with Gasteiger partial charge in [0.2, 0.25) is 0 Å². The molecular formula is C13H11KO4S. The van der Waals surface area contributed by atoms with Crippen LogP contribution in [0, 0.1) is 0 Å². The Morgan fingerprint density at radius 3 is 1.89 bits per heavy atom. The molecule has 0 aliphatic rings. The van der Waals surface area contributed by atoms with Gasteiger partial charge in [-0.2, -0.15) is 8.42 Å². The number of hydrogen-bond donors (Lipinski definition) is 0. The molecule has 0 amide bonds. The summed E-state index contributed by atoms with van der Waals surface area (Å²) >= 11 is 0. The van der Waals surface area contributed by atoms with Gasteiger partial charge in [-0.25, -0.2) is 4.79 Å². The SMILES string of the molecule is O=C(OS(=O)(=O)c1ccccc1)c1ccccc1.[H-].[K+]. The number of carbonyl (C=O) groups excluding carboxylic acids is 1. The molecule has 0 aromatic heterocycles. The Morgan fingerprint density at radius 1 is 0.895 bits per heavy atom. The zero-order chi connectivity index (χ0) is 13.0. The minimum absolute atomic E-state index is 0. The van der Waals surface area contributed by atoms with Crippen molar-refractivity contribution in [3.05, 3.63) is 66.2 Å². The molecule has 0 atom stereocenters. The Balaban J connectivity index is 0.00000180. The van der Waals surface area contributed by atoms with E-state index in [1.54, 1.807) is 36.4 Å². The van der Waals surface area contributed by atoms with Gasteiger partial charge in [-0.05, 0) is 24.3 Å². The van der Waals surface area contributed by atoms with Gasteiger partial charge in [0.15, 0.2) is 0 Å². The van der Waals surface area contributed by atoms with Gasteiger partial charge in [0.1, 0.15) is 4.90 Å². The van der Waals surface area contributed by atoms with Crippen LogP contribution < -0.4 is 51.4 Å². The first-order valence-electron chi connectivity index (χ1n) is 5.18. The van der Waals surface area contributed by atoms with Crippen molar-refractivity contribution in [1.29, 1.82) is 0 Å². The molecule has 0 spiro atoms. The number of carbonyl (C=O) groups is 1. The van der Waals surface area contributed by atoms with Crippen molar-refractivity contribution in [1.82, 2.24) is 0 Å². The summed E-state index contributed by atoms with van der Waals surface area (Å²) in [6.45, 7) is 0. The van der Waals surface area contributed by atoms with Crippen LogP contribution in [0.15, 0.2) is 65.6 Å². The molecule has 0 saturated heterocycles. The van der Waals surface area contributed by atoms with Gasteiger partial charge in [-0.3, -0.25) is 0 Å². The maximum absolute atomic E-state index is 11.8. The molecule has 0 aliphatic heterocycles. The number of hydrogen-bond acceptors (Lipinski definition) is 4. The summed E-state index contributed by atoms with van der Waals surface area (Å²) in [6, 6.07) is 15.5. The third-order valence-electron chi connectivity index (χ3n) is 2.23. The predicted molar refractivity (Wildman–Crippen MR) is 66.6 cm³/mol. The monoisotopic (exact) mass is 302 g/mol. The number of rotatable bonds is 3. The Labute approximate surface area is 155 Å². The van der Waals surface area contributed by atoms with Crippen LogP contribution in [0.2, 0.25) is 0 Å². The van der Waals surface area contributed by atoms with E-state index >= 15 is 0 Å². The fourth-order valence-electron chi connectivity index (χ4n) is 1.36. The van der Waals surface area contributed by atoms with Crippen molar-refractivity contribution < 1.29 is 70.2 Å². The summed E-state index contributed by atoms with van der Waals surface area (Å²) in [6.07, 6.45) is 0. The van der Waals surface area contributed by atoms with E-state index in [2.05, 4.69) is 4.18 Å². The van der Waals surface area contributed by atoms with Crippen molar-refractivity contribution in [3.8, 4) is 0 Å². The fourth-order valence-corrected chi connectivity index (χ4v) is 2.24. The average Bonchev–Trinajstić information content (AvgIpc) is 2.40. The first kappa shape index (κ1) is 16.6. The van der Waals surface area contributed by atoms with Gasteiger partial charge in [-0.15, -0.1) is 0 Å². The van der Waals surface area contributed by atoms with Crippen LogP contribution in [0.25, 0.3) is 0 Å². The molecule has 94 valence electrons. The molecule has 2 aromatic carbocycles. The standard InChI is InChI=1S/C13H10O4S.K.H/c14-13(11-7-3-1-4-8-11)17-18(15,16)12-9-5-2-6-10-12;;/h1-10H;;/q;+1;-1. The molecule has 2 rings (SSSR count). The number of benzene rings is 2. The molecule has 0 radical (unpaired) electrons. The average molecular weight is 302 g/mol. The molecular weight excluding hydrogens is 291 g/mol. The van der Waals surface area contributed by atoms with E-state index in [0.29, 0.717) is 0 Å². The third-order valence-corrected chi connectivity index (χ3v) is 3.45. The first-order chi connectivity index (χ1) is 8.59. The summed E-state index contributed by atoms with van der Waals surface area (Å²) in [5.74, 6) is -0.889. The van der Waals surface area contributed by atoms with Gasteiger partial charge in [0, 0.05) is 0 Å². The van der Waals surface area contributed by atoms with Gasteiger partial charge in [0.25, 0.3) is 0 Å². The van der Waals surface area contributed by atoms with Crippen molar-refractivity contribution in [2.45, 2.75) is 4.90 Å². The Morgan fingerprint density at radius 2 is 1.37 bits per heavy atom. The second-order valence-corrected chi connectivity index (χ2v) is 5.05. The summed E-state index contributed by atoms with van der Waals surface area (Å²) in [5, 5.41) is 0. The molecule has 0 N–H and O–H groups in total. The van der Waals surface area contributed by atoms with Gasteiger partial charge in [0.05, 0.1) is 5.56 Å². The molecule has 0 aliphatic carbocycles. The zero-order valence-corrected chi connectivity index (χ0v) is 14.3. The first-order valence-corrected chi connectivity index (χ1v) is 6.59. The zero-order valence-electron chi connectivity index (χ0n) is 11.3. The van der Waals surface area contributed by atoms with Crippen LogP contribution in [0.1, 0.15) is 11.8 Å². The summed E-state index contributed by atoms with van der Waals surface area (Å²) in [4.78, 5) is 11.6. The summed E-state index contributed by atoms with van der Waals surface area (Å²) < 4.78 is 28.1. The van der Waals surface area contributed by atoms with E-state index in [1.807, 2.05) is 0 Å². The smallest absolute Gasteiger partial charge is 1.00 e. The van der Waals surface area contributed by atoms with E-state index in [9.17, 15) is 13.2 Å². The van der Waals surface area contributed by atoms with Crippen molar-refractivity contribution in [3.63, 3.8) is 0 Å². The van der Waals surface area contributed by atoms with E-state index in [4.69, 9.17) is 0 Å². The molecule has 0 saturated carbocycles. The van der Waals surface area contributed by atoms with Gasteiger partial charge >= 0.3 is 67.5 Å². The minimum Gasteiger partial charge on any atom is -1.00 e. The maximum Gasteiger partial charge on any atom is 1.00 e. The predicted octanol–water partition coefficient (Wildman–Crippen LogP) is -0.651. The molecule has 4 nitrogen and oxygen atoms in total. The van der Waals surface area contributed by atoms with Crippen LogP contribution in [0.3, 0.4) is 0 Å². The van der Waals surface area contributed by atoms with E-state index < -0.39 is 16.1 Å². The van der Waals surface area contributed by atoms with E-state index in [0.717, 1.165) is 0 Å². The second-order valence-electron chi connectivity index (χ2n) is 3.50. The van der Waals surface area contributed by atoms with Crippen LogP contribution in [0.4, 0.5) is 0 Å². The van der Waals surface area contributed by atoms with Crippen molar-refractivity contribution in [2.24, 2.45) is 0 Å². The fraction of sp³-hybridized carbons (Fsp3) is 0. The van der Waals surface area contributed by atoms with Crippen LogP contribution in [0.5, 0.6) is 0 Å². The normalized spacial score (nSPS) is 10.3. The molecule has 6 heteroatoms. The third kappa shape index (κ3) is 4.52. The quantitative estimate of drug-likeness (QED) is 0.558. The summed E-state index contributed by atoms with van der Waals surface area (Å²) in [7, 11) is -4.06. The van der Waals surface area contributed by atoms with Gasteiger partial charge < -0.3 is 5.61 Å². The van der Waals surface area contributed by atoms with Crippen LogP contribution in [-0.4, -0.2) is 14.4 Å². The molecule has 19 heavy (non-hydrogen) atoms. The van der Waals surface area contributed by atoms with Crippen LogP contribution >= 0.6 is 0 Å². The molecule has 0 fully saturated rings. The van der Waals surface area contributed by atoms with Crippen LogP contribution in [-0.2, 0) is 14.3 Å². The Bertz CT molecular complexity index is 645. The maximum atomic E-state index is 11.8. The minimum atomic E-state index is -4.06. The van der Waals surface area contributed by atoms with Crippen molar-refractivity contribution in [2.75, 3.05) is 0 Å². The molecule has 0 unspecified atom stereocenters. The second kappa shape index (κ2) is 7.32. The molecule has 2 aromatic rings. The Kier molecular flexibility index (Phi) is 6.38. The molecule has 0 bridgehead atoms. The molecule has 0 heterocycles. The van der Waals surface area contributed by atoms with E-state index in [1.165, 1.54) is 24.3 Å².